The minimum absolute atomic E-state index is 0.0267. The maximum Gasteiger partial charge on any atom is 0.341 e. The van der Waals surface area contributed by atoms with Crippen LogP contribution in [0.4, 0.5) is 16.4 Å². The molecule has 12 heteroatoms. The van der Waals surface area contributed by atoms with Crippen LogP contribution in [-0.4, -0.2) is 40.0 Å². The van der Waals surface area contributed by atoms with Crippen LogP contribution in [0.2, 0.25) is 0 Å². The number of nitrogens with one attached hydrogen (secondary N) is 2. The maximum absolute atomic E-state index is 13.0. The molecule has 1 aliphatic rings. The Morgan fingerprint density at radius 2 is 2.14 bits per heavy atom. The summed E-state index contributed by atoms with van der Waals surface area (Å²) in [6, 6.07) is 2.57. The zero-order chi connectivity index (χ0) is 25.3. The van der Waals surface area contributed by atoms with Crippen molar-refractivity contribution in [2.45, 2.75) is 39.7 Å². The van der Waals surface area contributed by atoms with E-state index >= 15 is 0 Å². The number of rotatable bonds is 7. The monoisotopic (exact) mass is 499 g/mol. The molecule has 1 aromatic carbocycles. The molecule has 0 fully saturated rings. The van der Waals surface area contributed by atoms with Gasteiger partial charge in [-0.1, -0.05) is 6.92 Å². The van der Waals surface area contributed by atoms with E-state index in [2.05, 4.69) is 22.5 Å². The summed E-state index contributed by atoms with van der Waals surface area (Å²) in [5, 5.41) is 17.3. The molecule has 1 atom stereocenters. The van der Waals surface area contributed by atoms with Crippen molar-refractivity contribution in [3.8, 4) is 0 Å². The van der Waals surface area contributed by atoms with Crippen molar-refractivity contribution in [3.63, 3.8) is 0 Å². The number of carbonyl (C=O) groups is 2. The first-order valence-electron chi connectivity index (χ1n) is 11.2. The summed E-state index contributed by atoms with van der Waals surface area (Å²) in [4.78, 5) is 54.6. The van der Waals surface area contributed by atoms with Crippen LogP contribution in [0.25, 0.3) is 10.9 Å². The van der Waals surface area contributed by atoms with E-state index in [4.69, 9.17) is 4.74 Å². The number of carbonyl (C=O) groups excluding carboxylic acids is 2. The predicted molar refractivity (Wildman–Crippen MR) is 132 cm³/mol. The number of hydrogen-bond donors (Lipinski definition) is 2. The molecule has 2 N–H and O–H groups in total. The fourth-order valence-corrected chi connectivity index (χ4v) is 5.65. The molecule has 0 saturated heterocycles. The van der Waals surface area contributed by atoms with Gasteiger partial charge in [-0.2, -0.15) is 0 Å². The van der Waals surface area contributed by atoms with Crippen molar-refractivity contribution in [2.75, 3.05) is 24.3 Å². The zero-order valence-corrected chi connectivity index (χ0v) is 20.4. The Bertz CT molecular complexity index is 1400. The number of nitrogens with zero attached hydrogens (tertiary/aromatic N) is 3. The molecule has 2 heterocycles. The van der Waals surface area contributed by atoms with Gasteiger partial charge in [0.2, 0.25) is 5.91 Å². The Kier molecular flexibility index (Phi) is 6.83. The van der Waals surface area contributed by atoms with Crippen LogP contribution >= 0.6 is 11.3 Å². The highest BCUT2D eigenvalue weighted by molar-refractivity contribution is 7.17. The normalized spacial score (nSPS) is 14.9. The third kappa shape index (κ3) is 4.74. The first-order valence-corrected chi connectivity index (χ1v) is 12.0. The van der Waals surface area contributed by atoms with Gasteiger partial charge in [0.1, 0.15) is 17.2 Å². The second-order valence-corrected chi connectivity index (χ2v) is 9.50. The molecule has 0 spiro atoms. The minimum atomic E-state index is -0.592. The van der Waals surface area contributed by atoms with E-state index in [1.165, 1.54) is 30.8 Å². The molecule has 0 saturated carbocycles. The third-order valence-electron chi connectivity index (χ3n) is 5.97. The van der Waals surface area contributed by atoms with Crippen molar-refractivity contribution in [2.24, 2.45) is 5.92 Å². The van der Waals surface area contributed by atoms with E-state index in [0.717, 1.165) is 40.3 Å². The molecule has 4 rings (SSSR count). The average Bonchev–Trinajstić information content (AvgIpc) is 3.16. The number of esters is 1. The zero-order valence-electron chi connectivity index (χ0n) is 19.5. The van der Waals surface area contributed by atoms with Crippen LogP contribution in [0.3, 0.4) is 0 Å². The Labute approximate surface area is 204 Å². The van der Waals surface area contributed by atoms with E-state index < -0.39 is 22.4 Å². The number of ether oxygens (including phenoxy) is 1. The summed E-state index contributed by atoms with van der Waals surface area (Å²) in [6.07, 6.45) is 3.73. The van der Waals surface area contributed by atoms with Gasteiger partial charge in [-0.3, -0.25) is 24.3 Å². The molecule has 1 amide bonds. The van der Waals surface area contributed by atoms with Gasteiger partial charge >= 0.3 is 5.97 Å². The van der Waals surface area contributed by atoms with Gasteiger partial charge in [-0.05, 0) is 43.7 Å². The quantitative estimate of drug-likeness (QED) is 0.286. The van der Waals surface area contributed by atoms with Gasteiger partial charge in [0.15, 0.2) is 0 Å². The molecule has 3 aromatic rings. The van der Waals surface area contributed by atoms with Crippen LogP contribution in [-0.2, 0) is 28.9 Å². The Balaban J connectivity index is 1.64. The standard InChI is InChI=1S/C23H25N5O6S/c1-4-34-23(31)20-13-6-5-12(2)7-18(13)35-21(20)26-19(29)10-27-11-25-15-9-16(24-3)17(28(32)33)8-14(15)22(27)30/h8-9,11-12,24H,4-7,10H2,1-3H3,(H,26,29). The van der Waals surface area contributed by atoms with Crippen LogP contribution in [0, 0.1) is 16.0 Å². The van der Waals surface area contributed by atoms with Gasteiger partial charge in [0.05, 0.1) is 34.3 Å². The molecule has 0 aliphatic heterocycles. The van der Waals surface area contributed by atoms with Gasteiger partial charge < -0.3 is 15.4 Å². The van der Waals surface area contributed by atoms with E-state index in [9.17, 15) is 24.5 Å². The van der Waals surface area contributed by atoms with Gasteiger partial charge in [-0.15, -0.1) is 11.3 Å². The Morgan fingerprint density at radius 3 is 2.83 bits per heavy atom. The first kappa shape index (κ1) is 24.3. The van der Waals surface area contributed by atoms with Crippen molar-refractivity contribution in [1.29, 1.82) is 0 Å². The van der Waals surface area contributed by atoms with Crippen LogP contribution in [0.1, 0.15) is 41.1 Å². The first-order chi connectivity index (χ1) is 16.7. The van der Waals surface area contributed by atoms with Crippen LogP contribution in [0.5, 0.6) is 0 Å². The molecule has 11 nitrogen and oxygen atoms in total. The van der Waals surface area contributed by atoms with Gasteiger partial charge in [-0.25, -0.2) is 9.78 Å². The van der Waals surface area contributed by atoms with Crippen LogP contribution < -0.4 is 16.2 Å². The molecule has 0 radical (unpaired) electrons. The molecule has 2 aromatic heterocycles. The fourth-order valence-electron chi connectivity index (χ4n) is 4.24. The second kappa shape index (κ2) is 9.82. The van der Waals surface area contributed by atoms with Gasteiger partial charge in [0.25, 0.3) is 11.2 Å². The fraction of sp³-hybridized carbons (Fsp3) is 0.391. The summed E-state index contributed by atoms with van der Waals surface area (Å²) >= 11 is 1.36. The molecule has 184 valence electrons. The lowest BCUT2D eigenvalue weighted by Gasteiger charge is -2.18. The van der Waals surface area contributed by atoms with Crippen molar-refractivity contribution in [3.05, 3.63) is 54.9 Å². The third-order valence-corrected chi connectivity index (χ3v) is 7.14. The molecular formula is C23H25N5O6S. The highest BCUT2D eigenvalue weighted by Crippen LogP contribution is 2.40. The number of fused-ring (bicyclic) bond motifs is 2. The summed E-state index contributed by atoms with van der Waals surface area (Å²) < 4.78 is 6.31. The highest BCUT2D eigenvalue weighted by atomic mass is 32.1. The molecule has 1 aliphatic carbocycles. The Hall–Kier alpha value is -3.80. The molecule has 0 bridgehead atoms. The number of nitro groups is 1. The number of anilines is 2. The highest BCUT2D eigenvalue weighted by Gasteiger charge is 2.29. The van der Waals surface area contributed by atoms with Crippen molar-refractivity contribution < 1.29 is 19.2 Å². The van der Waals surface area contributed by atoms with Crippen molar-refractivity contribution in [1.82, 2.24) is 9.55 Å². The Morgan fingerprint density at radius 1 is 1.37 bits per heavy atom. The lowest BCUT2D eigenvalue weighted by Crippen LogP contribution is -2.28. The molecule has 35 heavy (non-hydrogen) atoms. The molecule has 1 unspecified atom stereocenters. The topological polar surface area (TPSA) is 145 Å². The number of hydrogen-bond acceptors (Lipinski definition) is 9. The number of benzene rings is 1. The number of nitro benzene ring substituents is 1. The molecular weight excluding hydrogens is 474 g/mol. The van der Waals surface area contributed by atoms with E-state index in [-0.39, 0.29) is 35.4 Å². The number of amides is 1. The summed E-state index contributed by atoms with van der Waals surface area (Å²) in [5.41, 5.74) is 0.948. The smallest absolute Gasteiger partial charge is 0.341 e. The SMILES string of the molecule is CCOC(=O)c1c(NC(=O)Cn2cnc3cc(NC)c([N+](=O)[O-])cc3c2=O)sc2c1CCC(C)C2. The predicted octanol–water partition coefficient (Wildman–Crippen LogP) is 3.35. The van der Waals surface area contributed by atoms with Gasteiger partial charge in [0, 0.05) is 18.0 Å². The second-order valence-electron chi connectivity index (χ2n) is 8.40. The largest absolute Gasteiger partial charge is 0.462 e. The van der Waals surface area contributed by atoms with Crippen molar-refractivity contribution >= 4 is 50.5 Å². The summed E-state index contributed by atoms with van der Waals surface area (Å²) in [5.74, 6) is -0.520. The lowest BCUT2D eigenvalue weighted by atomic mass is 9.88. The minimum Gasteiger partial charge on any atom is -0.462 e. The summed E-state index contributed by atoms with van der Waals surface area (Å²) in [6.45, 7) is 3.71. The van der Waals surface area contributed by atoms with E-state index in [0.29, 0.717) is 16.5 Å². The van der Waals surface area contributed by atoms with E-state index in [1.807, 2.05) is 0 Å². The summed E-state index contributed by atoms with van der Waals surface area (Å²) in [7, 11) is 1.54. The number of thiophene rings is 1. The number of aromatic nitrogens is 2. The van der Waals surface area contributed by atoms with E-state index in [1.54, 1.807) is 6.92 Å². The average molecular weight is 500 g/mol. The lowest BCUT2D eigenvalue weighted by molar-refractivity contribution is -0.383. The maximum atomic E-state index is 13.0. The van der Waals surface area contributed by atoms with Crippen LogP contribution in [0.15, 0.2) is 23.3 Å².